The van der Waals surface area contributed by atoms with E-state index in [1.54, 1.807) is 15.9 Å². The van der Waals surface area contributed by atoms with Crippen molar-refractivity contribution < 1.29 is 29.0 Å². The first-order chi connectivity index (χ1) is 16.0. The Kier molecular flexibility index (Phi) is 8.70. The summed E-state index contributed by atoms with van der Waals surface area (Å²) < 4.78 is 11.7. The topological polar surface area (TPSA) is 96.4 Å². The molecule has 33 heavy (non-hydrogen) atoms. The standard InChI is InChI=1S/C25H38N2O6/c1-4-7-14-26(13-5-2)23(30)21-25-12-11-18(33-25)19(24(31)32-17-6-3)20(25)22(29)27(21)15-9-8-10-16-28/h5-6,18-21,28H,2-4,7-17H2,1H3/t18-,19+,20-,21?,25?/m0/s1. The smallest absolute Gasteiger partial charge is 0.312 e. The van der Waals surface area contributed by atoms with E-state index >= 15 is 0 Å². The second-order valence-corrected chi connectivity index (χ2v) is 9.22. The van der Waals surface area contributed by atoms with Gasteiger partial charge in [0, 0.05) is 26.2 Å². The average Bonchev–Trinajstić information content (AvgIpc) is 3.45. The van der Waals surface area contributed by atoms with Gasteiger partial charge in [-0.05, 0) is 38.5 Å². The molecule has 0 aromatic heterocycles. The molecule has 3 heterocycles. The number of carbonyl (C=O) groups is 3. The minimum Gasteiger partial charge on any atom is -0.461 e. The number of hydrogen-bond acceptors (Lipinski definition) is 6. The van der Waals surface area contributed by atoms with Gasteiger partial charge in [0.2, 0.25) is 11.8 Å². The van der Waals surface area contributed by atoms with E-state index in [0.29, 0.717) is 45.3 Å². The molecular weight excluding hydrogens is 424 g/mol. The van der Waals surface area contributed by atoms with Crippen LogP contribution in [-0.4, -0.2) is 83.3 Å². The number of rotatable bonds is 14. The van der Waals surface area contributed by atoms with Gasteiger partial charge in [-0.15, -0.1) is 6.58 Å². The molecule has 3 aliphatic rings. The Morgan fingerprint density at radius 3 is 2.73 bits per heavy atom. The molecule has 0 aromatic rings. The molecule has 3 fully saturated rings. The molecule has 8 heteroatoms. The van der Waals surface area contributed by atoms with Crippen molar-refractivity contribution >= 4 is 17.8 Å². The number of aliphatic hydroxyl groups is 1. The maximum absolute atomic E-state index is 13.9. The van der Waals surface area contributed by atoms with Gasteiger partial charge in [0.15, 0.2) is 0 Å². The van der Waals surface area contributed by atoms with E-state index in [4.69, 9.17) is 14.6 Å². The van der Waals surface area contributed by atoms with Crippen molar-refractivity contribution in [3.05, 3.63) is 25.3 Å². The Bertz CT molecular complexity index is 755. The highest BCUT2D eigenvalue weighted by molar-refractivity contribution is 5.98. The third kappa shape index (κ3) is 4.73. The summed E-state index contributed by atoms with van der Waals surface area (Å²) in [6, 6.07) is -0.761. The summed E-state index contributed by atoms with van der Waals surface area (Å²) in [4.78, 5) is 43.9. The number of carbonyl (C=O) groups excluding carboxylic acids is 3. The van der Waals surface area contributed by atoms with Gasteiger partial charge in [-0.3, -0.25) is 14.4 Å². The fraction of sp³-hybridized carbons (Fsp3) is 0.720. The number of unbranched alkanes of at least 4 members (excludes halogenated alkanes) is 3. The lowest BCUT2D eigenvalue weighted by atomic mass is 9.70. The molecule has 0 aromatic carbocycles. The number of aliphatic hydroxyl groups excluding tert-OH is 1. The highest BCUT2D eigenvalue weighted by Gasteiger charge is 2.74. The number of fused-ring (bicyclic) bond motifs is 1. The highest BCUT2D eigenvalue weighted by Crippen LogP contribution is 2.58. The molecule has 2 unspecified atom stereocenters. The van der Waals surface area contributed by atoms with Gasteiger partial charge in [-0.25, -0.2) is 0 Å². The molecule has 0 saturated carbocycles. The van der Waals surface area contributed by atoms with E-state index in [9.17, 15) is 14.4 Å². The Morgan fingerprint density at radius 1 is 1.27 bits per heavy atom. The van der Waals surface area contributed by atoms with Gasteiger partial charge in [-0.2, -0.15) is 0 Å². The molecule has 5 atom stereocenters. The fourth-order valence-electron chi connectivity index (χ4n) is 5.72. The van der Waals surface area contributed by atoms with Crippen LogP contribution in [0.25, 0.3) is 0 Å². The van der Waals surface area contributed by atoms with Crippen LogP contribution in [0.5, 0.6) is 0 Å². The second kappa shape index (κ2) is 11.3. The van der Waals surface area contributed by atoms with E-state index < -0.39 is 35.6 Å². The molecular formula is C25H38N2O6. The van der Waals surface area contributed by atoms with Gasteiger partial charge in [0.1, 0.15) is 18.2 Å². The first-order valence-corrected chi connectivity index (χ1v) is 12.2. The predicted molar refractivity (Wildman–Crippen MR) is 123 cm³/mol. The van der Waals surface area contributed by atoms with Gasteiger partial charge >= 0.3 is 5.97 Å². The molecule has 2 bridgehead atoms. The first kappa shape index (κ1) is 25.4. The lowest BCUT2D eigenvalue weighted by Crippen LogP contribution is -2.56. The number of nitrogens with zero attached hydrogens (tertiary/aromatic N) is 2. The third-order valence-corrected chi connectivity index (χ3v) is 7.15. The van der Waals surface area contributed by atoms with Gasteiger partial charge in [-0.1, -0.05) is 32.1 Å². The Balaban J connectivity index is 1.93. The Hall–Kier alpha value is -2.19. The van der Waals surface area contributed by atoms with E-state index in [1.807, 2.05) is 0 Å². The average molecular weight is 463 g/mol. The monoisotopic (exact) mass is 462 g/mol. The summed E-state index contributed by atoms with van der Waals surface area (Å²) in [5, 5.41) is 9.12. The van der Waals surface area contributed by atoms with E-state index in [1.165, 1.54) is 6.08 Å². The molecule has 3 rings (SSSR count). The van der Waals surface area contributed by atoms with Crippen molar-refractivity contribution in [3.63, 3.8) is 0 Å². The number of ether oxygens (including phenoxy) is 2. The Labute approximate surface area is 196 Å². The van der Waals surface area contributed by atoms with E-state index in [-0.39, 0.29) is 25.0 Å². The van der Waals surface area contributed by atoms with Crippen LogP contribution < -0.4 is 0 Å². The molecule has 3 saturated heterocycles. The maximum Gasteiger partial charge on any atom is 0.312 e. The van der Waals surface area contributed by atoms with Crippen LogP contribution in [0.1, 0.15) is 51.9 Å². The van der Waals surface area contributed by atoms with E-state index in [0.717, 1.165) is 19.3 Å². The van der Waals surface area contributed by atoms with Crippen LogP contribution in [0, 0.1) is 11.8 Å². The normalized spacial score (nSPS) is 29.8. The second-order valence-electron chi connectivity index (χ2n) is 9.22. The van der Waals surface area contributed by atoms with Crippen LogP contribution in [0.3, 0.4) is 0 Å². The number of likely N-dealkylation sites (tertiary alicyclic amines) is 1. The van der Waals surface area contributed by atoms with Crippen LogP contribution >= 0.6 is 0 Å². The lowest BCUT2D eigenvalue weighted by Gasteiger charge is -2.36. The molecule has 2 amide bonds. The summed E-state index contributed by atoms with van der Waals surface area (Å²) >= 11 is 0. The molecule has 1 N–H and O–H groups in total. The number of esters is 1. The van der Waals surface area contributed by atoms with Crippen molar-refractivity contribution in [3.8, 4) is 0 Å². The summed E-state index contributed by atoms with van der Waals surface area (Å²) in [7, 11) is 0. The van der Waals surface area contributed by atoms with Gasteiger partial charge in [0.25, 0.3) is 0 Å². The largest absolute Gasteiger partial charge is 0.461 e. The van der Waals surface area contributed by atoms with Crippen molar-refractivity contribution in [2.24, 2.45) is 11.8 Å². The third-order valence-electron chi connectivity index (χ3n) is 7.15. The molecule has 0 radical (unpaired) electrons. The number of hydrogen-bond donors (Lipinski definition) is 1. The van der Waals surface area contributed by atoms with Crippen molar-refractivity contribution in [1.29, 1.82) is 0 Å². The molecule has 184 valence electrons. The molecule has 8 nitrogen and oxygen atoms in total. The molecule has 3 aliphatic heterocycles. The van der Waals surface area contributed by atoms with Crippen LogP contribution in [0.15, 0.2) is 25.3 Å². The van der Waals surface area contributed by atoms with Crippen molar-refractivity contribution in [2.45, 2.75) is 69.6 Å². The maximum atomic E-state index is 13.9. The van der Waals surface area contributed by atoms with Crippen LogP contribution in [0.4, 0.5) is 0 Å². The minimum atomic E-state index is -1.00. The van der Waals surface area contributed by atoms with E-state index in [2.05, 4.69) is 20.1 Å². The lowest BCUT2D eigenvalue weighted by molar-refractivity contribution is -0.154. The van der Waals surface area contributed by atoms with Gasteiger partial charge in [0.05, 0.1) is 17.9 Å². The summed E-state index contributed by atoms with van der Waals surface area (Å²) in [5.41, 5.74) is -1.00. The van der Waals surface area contributed by atoms with Gasteiger partial charge < -0.3 is 24.4 Å². The zero-order chi connectivity index (χ0) is 24.0. The van der Waals surface area contributed by atoms with Crippen LogP contribution in [-0.2, 0) is 23.9 Å². The summed E-state index contributed by atoms with van der Waals surface area (Å²) in [6.45, 7) is 11.0. The summed E-state index contributed by atoms with van der Waals surface area (Å²) in [5.74, 6) is -2.21. The zero-order valence-electron chi connectivity index (χ0n) is 19.7. The number of amides is 2. The van der Waals surface area contributed by atoms with Crippen molar-refractivity contribution in [2.75, 3.05) is 32.8 Å². The first-order valence-electron chi connectivity index (χ1n) is 12.2. The summed E-state index contributed by atoms with van der Waals surface area (Å²) in [6.07, 6.45) is 7.84. The quantitative estimate of drug-likeness (QED) is 0.241. The minimum absolute atomic E-state index is 0.0767. The highest BCUT2D eigenvalue weighted by atomic mass is 16.6. The van der Waals surface area contributed by atoms with Crippen LogP contribution in [0.2, 0.25) is 0 Å². The predicted octanol–water partition coefficient (Wildman–Crippen LogP) is 2.07. The molecule has 1 spiro atoms. The zero-order valence-corrected chi connectivity index (χ0v) is 19.7. The molecule has 0 aliphatic carbocycles. The fourth-order valence-corrected chi connectivity index (χ4v) is 5.72. The Morgan fingerprint density at radius 2 is 2.06 bits per heavy atom. The SMILES string of the molecule is C=CCOC(=O)[C@@H]1[C@@H]2CCC3(O2)C(C(=O)N(CC=C)CCCC)N(CCCCCO)C(=O)[C@H]13. The van der Waals surface area contributed by atoms with Crippen molar-refractivity contribution in [1.82, 2.24) is 9.80 Å².